The molecular weight excluding hydrogens is 417 g/mol. The van der Waals surface area contributed by atoms with Crippen LogP contribution in [-0.4, -0.2) is 32.8 Å². The number of sulfonamides is 1. The summed E-state index contributed by atoms with van der Waals surface area (Å²) in [6.07, 6.45) is 0. The van der Waals surface area contributed by atoms with Crippen molar-refractivity contribution in [3.63, 3.8) is 0 Å². The molecule has 152 valence electrons. The predicted octanol–water partition coefficient (Wildman–Crippen LogP) is 3.19. The molecule has 1 N–H and O–H groups in total. The van der Waals surface area contributed by atoms with Crippen molar-refractivity contribution in [3.8, 4) is 11.3 Å². The first-order valence-electron chi connectivity index (χ1n) is 8.58. The maximum atomic E-state index is 13.4. The summed E-state index contributed by atoms with van der Waals surface area (Å²) in [7, 11) is -7.37. The Morgan fingerprint density at radius 2 is 1.72 bits per heavy atom. The molecule has 0 unspecified atom stereocenters. The predicted molar refractivity (Wildman–Crippen MR) is 107 cm³/mol. The number of nitrogens with zero attached hydrogens (tertiary/aromatic N) is 2. The molecule has 1 aromatic heterocycles. The number of nitrogens with one attached hydrogen (secondary N) is 1. The quantitative estimate of drug-likeness (QED) is 0.637. The lowest BCUT2D eigenvalue weighted by molar-refractivity contribution is 0.591. The molecule has 0 radical (unpaired) electrons. The number of hydrogen-bond donors (Lipinski definition) is 1. The van der Waals surface area contributed by atoms with Crippen molar-refractivity contribution in [1.29, 1.82) is 0 Å². The minimum atomic E-state index is -3.91. The molecule has 0 atom stereocenters. The summed E-state index contributed by atoms with van der Waals surface area (Å²) in [4.78, 5) is -0.0595. The third-order valence-corrected chi connectivity index (χ3v) is 7.18. The molecule has 0 aliphatic rings. The van der Waals surface area contributed by atoms with E-state index in [1.807, 2.05) is 0 Å². The number of benzene rings is 2. The second kappa shape index (κ2) is 7.88. The van der Waals surface area contributed by atoms with Gasteiger partial charge in [0, 0.05) is 11.3 Å². The molecule has 7 nitrogen and oxygen atoms in total. The van der Waals surface area contributed by atoms with Gasteiger partial charge in [0.15, 0.2) is 14.9 Å². The van der Waals surface area contributed by atoms with Gasteiger partial charge in [-0.3, -0.25) is 4.72 Å². The monoisotopic (exact) mass is 435 g/mol. The summed E-state index contributed by atoms with van der Waals surface area (Å²) in [5, 5.41) is 7.57. The van der Waals surface area contributed by atoms with Gasteiger partial charge in [-0.05, 0) is 55.0 Å². The van der Waals surface area contributed by atoms with Gasteiger partial charge in [0.2, 0.25) is 0 Å². The Balaban J connectivity index is 1.89. The molecular formula is C19H18FN3O4S2. The van der Waals surface area contributed by atoms with Crippen molar-refractivity contribution < 1.29 is 21.2 Å². The molecule has 3 rings (SSSR count). The first-order chi connectivity index (χ1) is 13.6. The molecule has 0 bridgehead atoms. The van der Waals surface area contributed by atoms with Crippen molar-refractivity contribution >= 4 is 25.5 Å². The van der Waals surface area contributed by atoms with Crippen LogP contribution in [0.25, 0.3) is 11.3 Å². The lowest BCUT2D eigenvalue weighted by Crippen LogP contribution is -2.13. The number of anilines is 1. The Hall–Kier alpha value is -2.85. The molecule has 0 spiro atoms. The van der Waals surface area contributed by atoms with Gasteiger partial charge in [-0.2, -0.15) is 0 Å². The summed E-state index contributed by atoms with van der Waals surface area (Å²) >= 11 is 0. The highest BCUT2D eigenvalue weighted by molar-refractivity contribution is 7.92. The minimum Gasteiger partial charge on any atom is -0.280 e. The van der Waals surface area contributed by atoms with Crippen molar-refractivity contribution in [3.05, 3.63) is 66.0 Å². The molecule has 3 aromatic rings. The average molecular weight is 436 g/mol. The van der Waals surface area contributed by atoms with Gasteiger partial charge in [-0.25, -0.2) is 21.2 Å². The fourth-order valence-corrected chi connectivity index (χ4v) is 4.40. The molecule has 0 fully saturated rings. The number of sulfone groups is 1. The summed E-state index contributed by atoms with van der Waals surface area (Å²) in [5.74, 6) is -0.570. The van der Waals surface area contributed by atoms with Crippen LogP contribution in [0.1, 0.15) is 12.5 Å². The largest absolute Gasteiger partial charge is 0.280 e. The molecule has 10 heteroatoms. The van der Waals surface area contributed by atoms with E-state index in [9.17, 15) is 21.2 Å². The van der Waals surface area contributed by atoms with Crippen LogP contribution in [0.15, 0.2) is 64.5 Å². The van der Waals surface area contributed by atoms with Crippen LogP contribution in [0, 0.1) is 12.7 Å². The summed E-state index contributed by atoms with van der Waals surface area (Å²) in [6.45, 7) is 3.00. The molecule has 0 saturated heterocycles. The minimum absolute atomic E-state index is 0.0595. The van der Waals surface area contributed by atoms with E-state index in [2.05, 4.69) is 14.9 Å². The Morgan fingerprint density at radius 1 is 0.966 bits per heavy atom. The Morgan fingerprint density at radius 3 is 2.34 bits per heavy atom. The molecule has 1 heterocycles. The number of rotatable bonds is 6. The smallest absolute Gasteiger partial charge is 0.261 e. The van der Waals surface area contributed by atoms with E-state index in [4.69, 9.17) is 0 Å². The first-order valence-corrected chi connectivity index (χ1v) is 11.7. The van der Waals surface area contributed by atoms with Crippen LogP contribution in [0.2, 0.25) is 0 Å². The van der Waals surface area contributed by atoms with Gasteiger partial charge < -0.3 is 0 Å². The zero-order valence-electron chi connectivity index (χ0n) is 15.6. The number of aryl methyl sites for hydroxylation is 1. The van der Waals surface area contributed by atoms with E-state index in [1.165, 1.54) is 38.1 Å². The third-order valence-electron chi connectivity index (χ3n) is 4.19. The van der Waals surface area contributed by atoms with Crippen LogP contribution in [0.3, 0.4) is 0 Å². The Kier molecular flexibility index (Phi) is 5.67. The van der Waals surface area contributed by atoms with E-state index < -0.39 is 25.7 Å². The maximum Gasteiger partial charge on any atom is 0.261 e. The van der Waals surface area contributed by atoms with Crippen molar-refractivity contribution in [1.82, 2.24) is 10.2 Å². The normalized spacial score (nSPS) is 12.0. The summed E-state index contributed by atoms with van der Waals surface area (Å²) < 4.78 is 64.7. The SMILES string of the molecule is CCS(=O)(=O)c1ccc(-c2cccc(NS(=O)(=O)c3ccc(F)c(C)c3)c2)nn1. The van der Waals surface area contributed by atoms with Crippen molar-refractivity contribution in [2.75, 3.05) is 10.5 Å². The highest BCUT2D eigenvalue weighted by Crippen LogP contribution is 2.24. The number of halogens is 1. The molecule has 0 amide bonds. The lowest BCUT2D eigenvalue weighted by atomic mass is 10.1. The fraction of sp³-hybridized carbons (Fsp3) is 0.158. The van der Waals surface area contributed by atoms with Gasteiger partial charge in [-0.1, -0.05) is 19.1 Å². The van der Waals surface area contributed by atoms with E-state index in [-0.39, 0.29) is 26.9 Å². The van der Waals surface area contributed by atoms with E-state index >= 15 is 0 Å². The fourth-order valence-electron chi connectivity index (χ4n) is 2.53. The van der Waals surface area contributed by atoms with Crippen LogP contribution in [-0.2, 0) is 19.9 Å². The number of aromatic nitrogens is 2. The van der Waals surface area contributed by atoms with Crippen LogP contribution in [0.5, 0.6) is 0 Å². The summed E-state index contributed by atoms with van der Waals surface area (Å²) in [5.41, 5.74) is 1.43. The Bertz CT molecular complexity index is 1260. The molecule has 0 saturated carbocycles. The maximum absolute atomic E-state index is 13.4. The van der Waals surface area contributed by atoms with Gasteiger partial charge in [0.1, 0.15) is 5.82 Å². The average Bonchev–Trinajstić information content (AvgIpc) is 2.70. The van der Waals surface area contributed by atoms with Gasteiger partial charge >= 0.3 is 0 Å². The second-order valence-electron chi connectivity index (χ2n) is 6.26. The highest BCUT2D eigenvalue weighted by atomic mass is 32.2. The van der Waals surface area contributed by atoms with Crippen molar-refractivity contribution in [2.45, 2.75) is 23.8 Å². The zero-order valence-corrected chi connectivity index (χ0v) is 17.3. The van der Waals surface area contributed by atoms with E-state index in [1.54, 1.807) is 24.3 Å². The van der Waals surface area contributed by atoms with Gasteiger partial charge in [0.25, 0.3) is 10.0 Å². The molecule has 0 aliphatic carbocycles. The third kappa shape index (κ3) is 4.60. The van der Waals surface area contributed by atoms with Gasteiger partial charge in [0.05, 0.1) is 16.3 Å². The molecule has 0 aliphatic heterocycles. The highest BCUT2D eigenvalue weighted by Gasteiger charge is 2.17. The van der Waals surface area contributed by atoms with Crippen LogP contribution in [0.4, 0.5) is 10.1 Å². The second-order valence-corrected chi connectivity index (χ2v) is 10.2. The summed E-state index contributed by atoms with van der Waals surface area (Å²) in [6, 6.07) is 12.8. The van der Waals surface area contributed by atoms with Gasteiger partial charge in [-0.15, -0.1) is 10.2 Å². The zero-order chi connectivity index (χ0) is 21.2. The van der Waals surface area contributed by atoms with Crippen LogP contribution < -0.4 is 4.72 Å². The topological polar surface area (TPSA) is 106 Å². The van der Waals surface area contributed by atoms with Crippen LogP contribution >= 0.6 is 0 Å². The number of hydrogen-bond acceptors (Lipinski definition) is 6. The first kappa shape index (κ1) is 20.9. The molecule has 2 aromatic carbocycles. The van der Waals surface area contributed by atoms with E-state index in [0.29, 0.717) is 11.3 Å². The lowest BCUT2D eigenvalue weighted by Gasteiger charge is -2.10. The van der Waals surface area contributed by atoms with Crippen molar-refractivity contribution in [2.24, 2.45) is 0 Å². The van der Waals surface area contributed by atoms with E-state index in [0.717, 1.165) is 6.07 Å². The standard InChI is InChI=1S/C19H18FN3O4S2/c1-3-28(24,25)19-10-9-18(21-22-19)14-5-4-6-15(12-14)23-29(26,27)16-7-8-17(20)13(2)11-16/h4-12,23H,3H2,1-2H3. The molecule has 29 heavy (non-hydrogen) atoms. The Labute approximate surface area is 168 Å².